The third kappa shape index (κ3) is 4.57. The van der Waals surface area contributed by atoms with E-state index in [2.05, 4.69) is 19.2 Å². The Balaban J connectivity index is 2.16. The highest BCUT2D eigenvalue weighted by Gasteiger charge is 2.27. The van der Waals surface area contributed by atoms with E-state index in [-0.39, 0.29) is 11.8 Å². The number of carbonyl (C=O) groups excluding carboxylic acids is 2. The largest absolute Gasteiger partial charge is 0.338 e. The van der Waals surface area contributed by atoms with Gasteiger partial charge in [-0.3, -0.25) is 9.59 Å². The van der Waals surface area contributed by atoms with Crippen LogP contribution in [0.5, 0.6) is 0 Å². The quantitative estimate of drug-likeness (QED) is 0.871. The van der Waals surface area contributed by atoms with Gasteiger partial charge in [-0.15, -0.1) is 0 Å². The summed E-state index contributed by atoms with van der Waals surface area (Å²) in [5.41, 5.74) is 6.96. The first kappa shape index (κ1) is 18.5. The van der Waals surface area contributed by atoms with E-state index >= 15 is 0 Å². The van der Waals surface area contributed by atoms with E-state index in [9.17, 15) is 9.59 Å². The summed E-state index contributed by atoms with van der Waals surface area (Å²) in [6.45, 7) is 7.87. The van der Waals surface area contributed by atoms with Gasteiger partial charge in [0.25, 0.3) is 5.91 Å². The Labute approximate surface area is 144 Å². The number of nitrogens with zero attached hydrogens (tertiary/aromatic N) is 1. The van der Waals surface area contributed by atoms with Gasteiger partial charge in [0.2, 0.25) is 5.91 Å². The van der Waals surface area contributed by atoms with Crippen LogP contribution in [0.15, 0.2) is 24.3 Å². The zero-order valence-corrected chi connectivity index (χ0v) is 14.9. The molecule has 132 valence electrons. The molecule has 24 heavy (non-hydrogen) atoms. The van der Waals surface area contributed by atoms with Gasteiger partial charge in [-0.1, -0.05) is 39.3 Å². The lowest BCUT2D eigenvalue weighted by atomic mass is 9.91. The van der Waals surface area contributed by atoms with Crippen molar-refractivity contribution in [3.05, 3.63) is 29.8 Å². The molecule has 2 rings (SSSR count). The minimum Gasteiger partial charge on any atom is -0.338 e. The van der Waals surface area contributed by atoms with Gasteiger partial charge >= 0.3 is 0 Å². The van der Waals surface area contributed by atoms with Crippen LogP contribution in [0, 0.1) is 11.8 Å². The number of nitrogens with two attached hydrogens (primary N) is 1. The zero-order chi connectivity index (χ0) is 17.7. The molecule has 5 heteroatoms. The zero-order valence-electron chi connectivity index (χ0n) is 14.9. The van der Waals surface area contributed by atoms with E-state index in [0.29, 0.717) is 29.5 Å². The predicted octanol–water partition coefficient (Wildman–Crippen LogP) is 2.87. The van der Waals surface area contributed by atoms with Crippen LogP contribution >= 0.6 is 0 Å². The molecule has 0 saturated carbocycles. The molecule has 1 fully saturated rings. The normalized spacial score (nSPS) is 22.1. The van der Waals surface area contributed by atoms with Crippen LogP contribution in [0.3, 0.4) is 0 Å². The molecular weight excluding hydrogens is 302 g/mol. The summed E-state index contributed by atoms with van der Waals surface area (Å²) in [5, 5.41) is 2.83. The van der Waals surface area contributed by atoms with Crippen molar-refractivity contribution in [1.82, 2.24) is 4.90 Å². The molecule has 0 spiro atoms. The lowest BCUT2D eigenvalue weighted by Gasteiger charge is -2.35. The van der Waals surface area contributed by atoms with E-state index in [1.165, 1.54) is 0 Å². The number of para-hydroxylation sites is 1. The van der Waals surface area contributed by atoms with Crippen molar-refractivity contribution in [2.24, 2.45) is 17.6 Å². The molecule has 1 heterocycles. The minimum atomic E-state index is -0.548. The van der Waals surface area contributed by atoms with E-state index in [1.54, 1.807) is 12.1 Å². The molecule has 0 aliphatic carbocycles. The number of carbonyl (C=O) groups is 2. The van der Waals surface area contributed by atoms with Gasteiger partial charge in [0.05, 0.1) is 17.3 Å². The molecular formula is C19H29N3O2. The Kier molecular flexibility index (Phi) is 6.37. The summed E-state index contributed by atoms with van der Waals surface area (Å²) in [6.07, 6.45) is 2.62. The smallest absolute Gasteiger partial charge is 0.255 e. The topological polar surface area (TPSA) is 75.4 Å². The molecule has 5 nitrogen and oxygen atoms in total. The van der Waals surface area contributed by atoms with Crippen LogP contribution in [-0.4, -0.2) is 35.8 Å². The molecule has 1 aromatic rings. The number of benzene rings is 1. The predicted molar refractivity (Wildman–Crippen MR) is 96.8 cm³/mol. The fourth-order valence-corrected chi connectivity index (χ4v) is 3.45. The second-order valence-electron chi connectivity index (χ2n) is 7.09. The van der Waals surface area contributed by atoms with Crippen molar-refractivity contribution in [3.8, 4) is 0 Å². The van der Waals surface area contributed by atoms with Gasteiger partial charge < -0.3 is 16.0 Å². The van der Waals surface area contributed by atoms with Gasteiger partial charge in [0.1, 0.15) is 0 Å². The standard InChI is InChI=1S/C19H29N3O2/c1-4-7-16(20)18(23)21-17-9-6-5-8-15(17)19(24)22-11-13(2)10-14(3)12-22/h5-6,8-9,13-14,16H,4,7,10-12,20H2,1-3H3,(H,21,23). The van der Waals surface area contributed by atoms with Crippen LogP contribution in [0.25, 0.3) is 0 Å². The number of hydrogen-bond donors (Lipinski definition) is 2. The van der Waals surface area contributed by atoms with E-state index in [0.717, 1.165) is 25.9 Å². The van der Waals surface area contributed by atoms with Crippen molar-refractivity contribution < 1.29 is 9.59 Å². The molecule has 2 amide bonds. The van der Waals surface area contributed by atoms with E-state index in [4.69, 9.17) is 5.73 Å². The number of piperidine rings is 1. The van der Waals surface area contributed by atoms with Crippen LogP contribution < -0.4 is 11.1 Å². The monoisotopic (exact) mass is 331 g/mol. The van der Waals surface area contributed by atoms with Crippen LogP contribution in [0.1, 0.15) is 50.4 Å². The maximum atomic E-state index is 12.9. The summed E-state index contributed by atoms with van der Waals surface area (Å²) in [7, 11) is 0. The Bertz CT molecular complexity index is 578. The van der Waals surface area contributed by atoms with Crippen LogP contribution in [-0.2, 0) is 4.79 Å². The summed E-state index contributed by atoms with van der Waals surface area (Å²) in [6, 6.07) is 6.63. The first-order valence-electron chi connectivity index (χ1n) is 8.87. The molecule has 0 radical (unpaired) electrons. The number of nitrogens with one attached hydrogen (secondary N) is 1. The molecule has 3 N–H and O–H groups in total. The molecule has 1 saturated heterocycles. The van der Waals surface area contributed by atoms with Crippen molar-refractivity contribution in [3.63, 3.8) is 0 Å². The maximum absolute atomic E-state index is 12.9. The van der Waals surface area contributed by atoms with Crippen molar-refractivity contribution >= 4 is 17.5 Å². The van der Waals surface area contributed by atoms with Crippen LogP contribution in [0.2, 0.25) is 0 Å². The second-order valence-corrected chi connectivity index (χ2v) is 7.09. The lowest BCUT2D eigenvalue weighted by molar-refractivity contribution is -0.117. The Morgan fingerprint density at radius 3 is 2.50 bits per heavy atom. The molecule has 0 bridgehead atoms. The van der Waals surface area contributed by atoms with Gasteiger partial charge in [0, 0.05) is 13.1 Å². The molecule has 0 aromatic heterocycles. The summed E-state index contributed by atoms with van der Waals surface area (Å²) >= 11 is 0. The van der Waals surface area contributed by atoms with Gasteiger partial charge in [-0.05, 0) is 36.8 Å². The number of hydrogen-bond acceptors (Lipinski definition) is 3. The number of amides is 2. The van der Waals surface area contributed by atoms with Gasteiger partial charge in [-0.2, -0.15) is 0 Å². The summed E-state index contributed by atoms with van der Waals surface area (Å²) in [5.74, 6) is 0.737. The summed E-state index contributed by atoms with van der Waals surface area (Å²) < 4.78 is 0. The molecule has 3 unspecified atom stereocenters. The number of likely N-dealkylation sites (tertiary alicyclic amines) is 1. The Morgan fingerprint density at radius 1 is 1.25 bits per heavy atom. The third-order valence-electron chi connectivity index (χ3n) is 4.51. The average molecular weight is 331 g/mol. The minimum absolute atomic E-state index is 0.0200. The average Bonchev–Trinajstić information content (AvgIpc) is 2.54. The SMILES string of the molecule is CCCC(N)C(=O)Nc1ccccc1C(=O)N1CC(C)CC(C)C1. The van der Waals surface area contributed by atoms with Gasteiger partial charge in [-0.25, -0.2) is 0 Å². The highest BCUT2D eigenvalue weighted by molar-refractivity contribution is 6.04. The van der Waals surface area contributed by atoms with Crippen molar-refractivity contribution in [1.29, 1.82) is 0 Å². The second kappa shape index (κ2) is 8.29. The van der Waals surface area contributed by atoms with Gasteiger partial charge in [0.15, 0.2) is 0 Å². The Hall–Kier alpha value is -1.88. The summed E-state index contributed by atoms with van der Waals surface area (Å²) in [4.78, 5) is 27.0. The highest BCUT2D eigenvalue weighted by Crippen LogP contribution is 2.25. The van der Waals surface area contributed by atoms with E-state index < -0.39 is 6.04 Å². The van der Waals surface area contributed by atoms with E-state index in [1.807, 2.05) is 24.0 Å². The lowest BCUT2D eigenvalue weighted by Crippen LogP contribution is -2.43. The Morgan fingerprint density at radius 2 is 1.88 bits per heavy atom. The molecule has 3 atom stereocenters. The highest BCUT2D eigenvalue weighted by atomic mass is 16.2. The maximum Gasteiger partial charge on any atom is 0.255 e. The first-order valence-corrected chi connectivity index (χ1v) is 8.87. The van der Waals surface area contributed by atoms with Crippen LogP contribution in [0.4, 0.5) is 5.69 Å². The van der Waals surface area contributed by atoms with Crippen molar-refractivity contribution in [2.45, 2.75) is 46.1 Å². The van der Waals surface area contributed by atoms with Crippen molar-refractivity contribution in [2.75, 3.05) is 18.4 Å². The third-order valence-corrected chi connectivity index (χ3v) is 4.51. The molecule has 1 aliphatic rings. The molecule has 1 aromatic carbocycles. The first-order chi connectivity index (χ1) is 11.4. The number of anilines is 1. The fourth-order valence-electron chi connectivity index (χ4n) is 3.45. The number of rotatable bonds is 5. The fraction of sp³-hybridized carbons (Fsp3) is 0.579. The molecule has 1 aliphatic heterocycles.